The van der Waals surface area contributed by atoms with E-state index in [2.05, 4.69) is 0 Å². The molecule has 0 bridgehead atoms. The number of halogens is 2. The molecule has 1 aromatic carbocycles. The minimum absolute atomic E-state index is 0.0341. The van der Waals surface area contributed by atoms with Crippen LogP contribution in [0.25, 0.3) is 0 Å². The molecular weight excluding hydrogens is 321 g/mol. The Bertz CT molecular complexity index is 561. The van der Waals surface area contributed by atoms with E-state index in [0.717, 1.165) is 12.8 Å². The fourth-order valence-corrected chi connectivity index (χ4v) is 4.23. The van der Waals surface area contributed by atoms with Gasteiger partial charge in [0.25, 0.3) is 0 Å². The number of hydrogen-bond donors (Lipinski definition) is 1. The zero-order chi connectivity index (χ0) is 15.3. The second kappa shape index (κ2) is 7.61. The van der Waals surface area contributed by atoms with Crippen molar-refractivity contribution in [3.8, 4) is 0 Å². The molecule has 7 heteroatoms. The predicted molar refractivity (Wildman–Crippen MR) is 81.7 cm³/mol. The maximum absolute atomic E-state index is 12.6. The van der Waals surface area contributed by atoms with E-state index in [9.17, 15) is 13.5 Å². The molecule has 0 aliphatic rings. The first-order chi connectivity index (χ1) is 9.38. The van der Waals surface area contributed by atoms with Crippen LogP contribution in [-0.4, -0.2) is 30.9 Å². The molecule has 0 saturated heterocycles. The van der Waals surface area contributed by atoms with E-state index in [0.29, 0.717) is 18.7 Å². The van der Waals surface area contributed by atoms with Crippen LogP contribution < -0.4 is 0 Å². The molecule has 0 atom stereocenters. The first-order valence-corrected chi connectivity index (χ1v) is 8.67. The second-order valence-corrected chi connectivity index (χ2v) is 7.11. The maximum atomic E-state index is 12.6. The van der Waals surface area contributed by atoms with Gasteiger partial charge in [-0.1, -0.05) is 43.5 Å². The molecule has 0 unspecified atom stereocenters. The van der Waals surface area contributed by atoms with Crippen molar-refractivity contribution in [3.63, 3.8) is 0 Å². The molecule has 1 aromatic rings. The van der Waals surface area contributed by atoms with Gasteiger partial charge in [-0.2, -0.15) is 4.31 Å². The molecule has 1 rings (SSSR count). The van der Waals surface area contributed by atoms with Crippen LogP contribution in [0.3, 0.4) is 0 Å². The van der Waals surface area contributed by atoms with Gasteiger partial charge < -0.3 is 5.11 Å². The van der Waals surface area contributed by atoms with Crippen LogP contribution >= 0.6 is 23.2 Å². The smallest absolute Gasteiger partial charge is 0.244 e. The molecule has 20 heavy (non-hydrogen) atoms. The number of aliphatic hydroxyl groups excluding tert-OH is 1. The summed E-state index contributed by atoms with van der Waals surface area (Å²) in [7, 11) is -3.70. The molecule has 0 amide bonds. The highest BCUT2D eigenvalue weighted by molar-refractivity contribution is 7.89. The summed E-state index contributed by atoms with van der Waals surface area (Å²) in [5, 5.41) is 9.49. The Kier molecular flexibility index (Phi) is 6.75. The zero-order valence-electron chi connectivity index (χ0n) is 11.6. The SMILES string of the molecule is CCCCN(CC)S(=O)(=O)c1cc(Cl)cc(CO)c1Cl. The third kappa shape index (κ3) is 3.86. The van der Waals surface area contributed by atoms with Gasteiger partial charge in [0.1, 0.15) is 4.90 Å². The number of rotatable bonds is 7. The van der Waals surface area contributed by atoms with Crippen molar-refractivity contribution in [2.24, 2.45) is 0 Å². The minimum Gasteiger partial charge on any atom is -0.392 e. The van der Waals surface area contributed by atoms with Crippen molar-refractivity contribution in [1.82, 2.24) is 4.31 Å². The molecule has 0 aliphatic carbocycles. The topological polar surface area (TPSA) is 57.6 Å². The third-order valence-electron chi connectivity index (χ3n) is 2.98. The lowest BCUT2D eigenvalue weighted by molar-refractivity contribution is 0.281. The van der Waals surface area contributed by atoms with Crippen LogP contribution in [-0.2, 0) is 16.6 Å². The minimum atomic E-state index is -3.70. The van der Waals surface area contributed by atoms with Gasteiger partial charge in [0, 0.05) is 18.1 Å². The largest absolute Gasteiger partial charge is 0.392 e. The van der Waals surface area contributed by atoms with E-state index < -0.39 is 10.0 Å². The number of hydrogen-bond acceptors (Lipinski definition) is 3. The van der Waals surface area contributed by atoms with E-state index in [1.165, 1.54) is 16.4 Å². The van der Waals surface area contributed by atoms with Gasteiger partial charge in [-0.15, -0.1) is 0 Å². The Balaban J connectivity index is 3.30. The van der Waals surface area contributed by atoms with E-state index in [4.69, 9.17) is 23.2 Å². The predicted octanol–water partition coefficient (Wildman–Crippen LogP) is 3.30. The van der Waals surface area contributed by atoms with Crippen molar-refractivity contribution in [2.75, 3.05) is 13.1 Å². The second-order valence-electron chi connectivity index (χ2n) is 4.39. The molecule has 0 radical (unpaired) electrons. The molecule has 0 fully saturated rings. The summed E-state index contributed by atoms with van der Waals surface area (Å²) in [6.45, 7) is 4.21. The van der Waals surface area contributed by atoms with Gasteiger partial charge in [0.15, 0.2) is 0 Å². The van der Waals surface area contributed by atoms with Crippen LogP contribution in [0.5, 0.6) is 0 Å². The molecular formula is C13H19Cl2NO3S. The highest BCUT2D eigenvalue weighted by atomic mass is 35.5. The Labute approximate surface area is 130 Å². The van der Waals surface area contributed by atoms with Crippen LogP contribution in [0.1, 0.15) is 32.3 Å². The van der Waals surface area contributed by atoms with Crippen molar-refractivity contribution < 1.29 is 13.5 Å². The Morgan fingerprint density at radius 3 is 2.40 bits per heavy atom. The summed E-state index contributed by atoms with van der Waals surface area (Å²) >= 11 is 12.0. The Morgan fingerprint density at radius 2 is 1.90 bits per heavy atom. The van der Waals surface area contributed by atoms with E-state index in [1.54, 1.807) is 6.92 Å². The average Bonchev–Trinajstić information content (AvgIpc) is 2.41. The molecule has 114 valence electrons. The number of aliphatic hydroxyl groups is 1. The standard InChI is InChI=1S/C13H19Cl2NO3S/c1-3-5-6-16(4-2)20(18,19)12-8-11(14)7-10(9-17)13(12)15/h7-8,17H,3-6,9H2,1-2H3. The first-order valence-electron chi connectivity index (χ1n) is 6.47. The number of benzene rings is 1. The van der Waals surface area contributed by atoms with Crippen molar-refractivity contribution >= 4 is 33.2 Å². The monoisotopic (exact) mass is 339 g/mol. The molecule has 1 N–H and O–H groups in total. The van der Waals surface area contributed by atoms with Gasteiger partial charge in [-0.25, -0.2) is 8.42 Å². The normalized spacial score (nSPS) is 12.1. The number of sulfonamides is 1. The zero-order valence-corrected chi connectivity index (χ0v) is 13.9. The molecule has 4 nitrogen and oxygen atoms in total. The summed E-state index contributed by atoms with van der Waals surface area (Å²) in [6, 6.07) is 2.79. The summed E-state index contributed by atoms with van der Waals surface area (Å²) in [4.78, 5) is -0.0475. The maximum Gasteiger partial charge on any atom is 0.244 e. The van der Waals surface area contributed by atoms with Gasteiger partial charge in [0.2, 0.25) is 10.0 Å². The van der Waals surface area contributed by atoms with Gasteiger partial charge in [-0.05, 0) is 24.1 Å². The summed E-state index contributed by atoms with van der Waals surface area (Å²) in [5.41, 5.74) is 0.310. The lowest BCUT2D eigenvalue weighted by Gasteiger charge is -2.21. The molecule has 0 saturated carbocycles. The van der Waals surface area contributed by atoms with Crippen LogP contribution in [0.15, 0.2) is 17.0 Å². The van der Waals surface area contributed by atoms with Crippen LogP contribution in [0.4, 0.5) is 0 Å². The van der Waals surface area contributed by atoms with E-state index >= 15 is 0 Å². The lowest BCUT2D eigenvalue weighted by atomic mass is 10.2. The molecule has 0 heterocycles. The highest BCUT2D eigenvalue weighted by Gasteiger charge is 2.26. The summed E-state index contributed by atoms with van der Waals surface area (Å²) in [5.74, 6) is 0. The van der Waals surface area contributed by atoms with Gasteiger partial charge in [-0.3, -0.25) is 0 Å². The van der Waals surface area contributed by atoms with Gasteiger partial charge >= 0.3 is 0 Å². The molecule has 0 aromatic heterocycles. The van der Waals surface area contributed by atoms with E-state index in [-0.39, 0.29) is 21.5 Å². The number of unbranched alkanes of at least 4 members (excludes halogenated alkanes) is 1. The molecule has 0 aliphatic heterocycles. The van der Waals surface area contributed by atoms with Crippen molar-refractivity contribution in [2.45, 2.75) is 38.2 Å². The molecule has 0 spiro atoms. The van der Waals surface area contributed by atoms with Crippen molar-refractivity contribution in [3.05, 3.63) is 27.7 Å². The highest BCUT2D eigenvalue weighted by Crippen LogP contribution is 2.31. The van der Waals surface area contributed by atoms with Crippen molar-refractivity contribution in [1.29, 1.82) is 0 Å². The quantitative estimate of drug-likeness (QED) is 0.829. The Hall–Kier alpha value is -0.330. The van der Waals surface area contributed by atoms with Crippen LogP contribution in [0.2, 0.25) is 10.0 Å². The first kappa shape index (κ1) is 17.7. The van der Waals surface area contributed by atoms with Gasteiger partial charge in [0.05, 0.1) is 11.6 Å². The fraction of sp³-hybridized carbons (Fsp3) is 0.538. The number of nitrogens with zero attached hydrogens (tertiary/aromatic N) is 1. The fourth-order valence-electron chi connectivity index (χ4n) is 1.84. The van der Waals surface area contributed by atoms with Crippen LogP contribution in [0, 0.1) is 0 Å². The summed E-state index contributed by atoms with van der Waals surface area (Å²) in [6.07, 6.45) is 1.68. The summed E-state index contributed by atoms with van der Waals surface area (Å²) < 4.78 is 26.6. The van der Waals surface area contributed by atoms with E-state index in [1.807, 2.05) is 6.92 Å². The Morgan fingerprint density at radius 1 is 1.25 bits per heavy atom. The average molecular weight is 340 g/mol. The lowest BCUT2D eigenvalue weighted by Crippen LogP contribution is -2.32. The third-order valence-corrected chi connectivity index (χ3v) is 5.76.